The summed E-state index contributed by atoms with van der Waals surface area (Å²) in [6, 6.07) is 12.0. The molecule has 1 aromatic carbocycles. The third kappa shape index (κ3) is 4.25. The zero-order chi connectivity index (χ0) is 16.8. The number of aromatic nitrogens is 1. The molecule has 0 amide bonds. The van der Waals surface area contributed by atoms with Gasteiger partial charge in [0.05, 0.1) is 17.5 Å². The Balaban J connectivity index is 1.64. The minimum absolute atomic E-state index is 0.0120. The number of hydrogen-bond acceptors (Lipinski definition) is 5. The van der Waals surface area contributed by atoms with E-state index in [-0.39, 0.29) is 5.78 Å². The molecule has 0 aliphatic heterocycles. The van der Waals surface area contributed by atoms with Gasteiger partial charge in [0.1, 0.15) is 5.01 Å². The second kappa shape index (κ2) is 8.46. The van der Waals surface area contributed by atoms with Crippen LogP contribution in [0.3, 0.4) is 0 Å². The summed E-state index contributed by atoms with van der Waals surface area (Å²) in [5.41, 5.74) is 1.85. The Morgan fingerprint density at radius 2 is 2.04 bits per heavy atom. The molecule has 1 aliphatic rings. The van der Waals surface area contributed by atoms with Crippen LogP contribution in [-0.2, 0) is 4.79 Å². The fraction of sp³-hybridized carbons (Fsp3) is 0.421. The molecule has 3 nitrogen and oxygen atoms in total. The molecule has 1 heterocycles. The number of nitrogens with zero attached hydrogens (tertiary/aromatic N) is 2. The van der Waals surface area contributed by atoms with Gasteiger partial charge in [-0.15, -0.1) is 11.3 Å². The maximum absolute atomic E-state index is 12.5. The third-order valence-corrected chi connectivity index (χ3v) is 6.61. The number of hydrogen-bond donors (Lipinski definition) is 0. The summed E-state index contributed by atoms with van der Waals surface area (Å²) < 4.78 is 0. The first-order valence-corrected chi connectivity index (χ1v) is 10.3. The van der Waals surface area contributed by atoms with Crippen LogP contribution in [0, 0.1) is 11.3 Å². The van der Waals surface area contributed by atoms with Crippen molar-refractivity contribution in [3.63, 3.8) is 0 Å². The van der Waals surface area contributed by atoms with Crippen LogP contribution in [-0.4, -0.2) is 21.8 Å². The normalized spacial score (nSPS) is 16.5. The van der Waals surface area contributed by atoms with Gasteiger partial charge in [-0.2, -0.15) is 17.0 Å². The average molecular weight is 357 g/mol. The van der Waals surface area contributed by atoms with Crippen LogP contribution in [0.15, 0.2) is 35.7 Å². The van der Waals surface area contributed by atoms with Crippen LogP contribution < -0.4 is 0 Å². The van der Waals surface area contributed by atoms with Crippen LogP contribution >= 0.6 is 23.1 Å². The van der Waals surface area contributed by atoms with Crippen LogP contribution in [0.1, 0.15) is 43.0 Å². The molecule has 0 radical (unpaired) electrons. The van der Waals surface area contributed by atoms with E-state index in [1.54, 1.807) is 11.8 Å². The molecule has 1 unspecified atom stereocenters. The topological polar surface area (TPSA) is 53.8 Å². The van der Waals surface area contributed by atoms with Gasteiger partial charge in [-0.1, -0.05) is 49.6 Å². The number of Topliss-reactive ketones (excluding diaryl/α,β-unsaturated/α-hetero) is 1. The zero-order valence-electron chi connectivity index (χ0n) is 13.5. The summed E-state index contributed by atoms with van der Waals surface area (Å²) >= 11 is 3.13. The Hall–Kier alpha value is -1.64. The standard InChI is InChI=1S/C19H20N2OS2/c20-11-16(18(22)13-23-15-9-5-2-6-10-15)19-21-17(12-24-19)14-7-3-1-4-8-14/h1,3-4,7-8,12,15-16H,2,5-6,9-10,13H2. The van der Waals surface area contributed by atoms with E-state index in [0.717, 1.165) is 11.3 Å². The van der Waals surface area contributed by atoms with E-state index in [1.807, 2.05) is 35.7 Å². The Kier molecular flexibility index (Phi) is 6.06. The third-order valence-electron chi connectivity index (χ3n) is 4.30. The molecule has 124 valence electrons. The lowest BCUT2D eigenvalue weighted by Crippen LogP contribution is -2.17. The molecule has 0 N–H and O–H groups in total. The fourth-order valence-electron chi connectivity index (χ4n) is 2.94. The molecular weight excluding hydrogens is 336 g/mol. The summed E-state index contributed by atoms with van der Waals surface area (Å²) in [5.74, 6) is -0.325. The van der Waals surface area contributed by atoms with Crippen molar-refractivity contribution in [1.82, 2.24) is 4.98 Å². The highest BCUT2D eigenvalue weighted by Gasteiger charge is 2.25. The highest BCUT2D eigenvalue weighted by atomic mass is 32.2. The smallest absolute Gasteiger partial charge is 0.166 e. The summed E-state index contributed by atoms with van der Waals surface area (Å²) in [6.07, 6.45) is 6.24. The van der Waals surface area contributed by atoms with E-state index in [0.29, 0.717) is 16.0 Å². The molecule has 5 heteroatoms. The fourth-order valence-corrected chi connectivity index (χ4v) is 5.07. The first-order chi connectivity index (χ1) is 11.8. The molecule has 1 atom stereocenters. The number of carbonyl (C=O) groups excluding carboxylic acids is 1. The first-order valence-electron chi connectivity index (χ1n) is 8.32. The van der Waals surface area contributed by atoms with Crippen LogP contribution in [0.2, 0.25) is 0 Å². The molecular formula is C19H20N2OS2. The van der Waals surface area contributed by atoms with Crippen molar-refractivity contribution >= 4 is 28.9 Å². The Morgan fingerprint density at radius 3 is 2.75 bits per heavy atom. The molecule has 24 heavy (non-hydrogen) atoms. The van der Waals surface area contributed by atoms with Gasteiger partial charge in [-0.25, -0.2) is 4.98 Å². The van der Waals surface area contributed by atoms with Gasteiger partial charge in [0.2, 0.25) is 0 Å². The monoisotopic (exact) mass is 356 g/mol. The van der Waals surface area contributed by atoms with Crippen LogP contribution in [0.5, 0.6) is 0 Å². The minimum atomic E-state index is -0.733. The maximum atomic E-state index is 12.5. The molecule has 0 spiro atoms. The average Bonchev–Trinajstić information content (AvgIpc) is 3.12. The molecule has 0 saturated heterocycles. The second-order valence-corrected chi connectivity index (χ2v) is 8.21. The predicted molar refractivity (Wildman–Crippen MR) is 100 cm³/mol. The summed E-state index contributed by atoms with van der Waals surface area (Å²) in [5, 5.41) is 12.6. The summed E-state index contributed by atoms with van der Waals surface area (Å²) in [4.78, 5) is 17.0. The SMILES string of the molecule is N#CC(C(=O)CSC1CCCCC1)c1nc(-c2ccccc2)cs1. The van der Waals surface area contributed by atoms with Gasteiger partial charge in [0, 0.05) is 16.2 Å². The highest BCUT2D eigenvalue weighted by Crippen LogP contribution is 2.31. The van der Waals surface area contributed by atoms with E-state index < -0.39 is 5.92 Å². The number of thioether (sulfide) groups is 1. The highest BCUT2D eigenvalue weighted by molar-refractivity contribution is 8.00. The molecule has 1 fully saturated rings. The molecule has 1 aliphatic carbocycles. The van der Waals surface area contributed by atoms with E-state index >= 15 is 0 Å². The van der Waals surface area contributed by atoms with Gasteiger partial charge in [-0.05, 0) is 12.8 Å². The maximum Gasteiger partial charge on any atom is 0.166 e. The molecule has 1 aromatic heterocycles. The molecule has 2 aromatic rings. The Bertz CT molecular complexity index is 714. The summed E-state index contributed by atoms with van der Waals surface area (Å²) in [7, 11) is 0. The van der Waals surface area contributed by atoms with E-state index in [2.05, 4.69) is 11.1 Å². The second-order valence-electron chi connectivity index (χ2n) is 6.04. The van der Waals surface area contributed by atoms with Gasteiger partial charge >= 0.3 is 0 Å². The van der Waals surface area contributed by atoms with Crippen molar-refractivity contribution in [3.8, 4) is 17.3 Å². The number of nitriles is 1. The molecule has 0 bridgehead atoms. The first kappa shape index (κ1) is 17.2. The van der Waals surface area contributed by atoms with Gasteiger partial charge < -0.3 is 0 Å². The van der Waals surface area contributed by atoms with Crippen molar-refractivity contribution in [1.29, 1.82) is 5.26 Å². The lowest BCUT2D eigenvalue weighted by atomic mass is 10.0. The Labute approximate surface area is 151 Å². The number of rotatable bonds is 6. The lowest BCUT2D eigenvalue weighted by molar-refractivity contribution is -0.116. The van der Waals surface area contributed by atoms with Gasteiger partial charge in [0.15, 0.2) is 11.7 Å². The number of benzene rings is 1. The van der Waals surface area contributed by atoms with E-state index in [1.165, 1.54) is 43.4 Å². The van der Waals surface area contributed by atoms with Crippen molar-refractivity contribution in [3.05, 3.63) is 40.7 Å². The van der Waals surface area contributed by atoms with E-state index in [4.69, 9.17) is 0 Å². The molecule has 3 rings (SSSR count). The Morgan fingerprint density at radius 1 is 1.29 bits per heavy atom. The van der Waals surface area contributed by atoms with Crippen molar-refractivity contribution < 1.29 is 4.79 Å². The van der Waals surface area contributed by atoms with Crippen molar-refractivity contribution in [2.24, 2.45) is 0 Å². The minimum Gasteiger partial charge on any atom is -0.297 e. The van der Waals surface area contributed by atoms with E-state index in [9.17, 15) is 10.1 Å². The van der Waals surface area contributed by atoms with Gasteiger partial charge in [0.25, 0.3) is 0 Å². The molecule has 1 saturated carbocycles. The number of thiazole rings is 1. The quantitative estimate of drug-likeness (QED) is 0.726. The van der Waals surface area contributed by atoms with Crippen LogP contribution in [0.25, 0.3) is 11.3 Å². The largest absolute Gasteiger partial charge is 0.297 e. The number of carbonyl (C=O) groups is 1. The zero-order valence-corrected chi connectivity index (χ0v) is 15.1. The lowest BCUT2D eigenvalue weighted by Gasteiger charge is -2.20. The number of ketones is 1. The van der Waals surface area contributed by atoms with Crippen molar-refractivity contribution in [2.75, 3.05) is 5.75 Å². The van der Waals surface area contributed by atoms with Gasteiger partial charge in [-0.3, -0.25) is 4.79 Å². The predicted octanol–water partition coefficient (Wildman–Crippen LogP) is 5.05. The summed E-state index contributed by atoms with van der Waals surface area (Å²) in [6.45, 7) is 0. The van der Waals surface area contributed by atoms with Crippen LogP contribution in [0.4, 0.5) is 0 Å². The van der Waals surface area contributed by atoms with Crippen molar-refractivity contribution in [2.45, 2.75) is 43.3 Å².